The third kappa shape index (κ3) is 2.31. The average Bonchev–Trinajstić information content (AvgIpc) is 3.46. The fourth-order valence-corrected chi connectivity index (χ4v) is 4.84. The number of benzene rings is 1. The van der Waals surface area contributed by atoms with E-state index in [2.05, 4.69) is 30.2 Å². The first-order valence-electron chi connectivity index (χ1n) is 8.37. The maximum Gasteiger partial charge on any atom is 0.203 e. The smallest absolute Gasteiger partial charge is 0.203 e. The topological polar surface area (TPSA) is 86.7 Å². The van der Waals surface area contributed by atoms with Crippen LogP contribution in [-0.4, -0.2) is 39.3 Å². The van der Waals surface area contributed by atoms with Crippen LogP contribution in [0.2, 0.25) is 0 Å². The molecule has 0 fully saturated rings. The molecule has 0 N–H and O–H groups in total. The lowest BCUT2D eigenvalue weighted by atomic mass is 10.3. The molecular formula is C18H10N8S2. The van der Waals surface area contributed by atoms with Crippen molar-refractivity contribution in [3.8, 4) is 5.69 Å². The quantitative estimate of drug-likeness (QED) is 0.418. The molecule has 0 radical (unpaired) electrons. The largest absolute Gasteiger partial charge is 0.259 e. The molecule has 0 atom stereocenters. The second-order valence-corrected chi connectivity index (χ2v) is 7.84. The van der Waals surface area contributed by atoms with Gasteiger partial charge in [0, 0.05) is 0 Å². The van der Waals surface area contributed by atoms with Gasteiger partial charge in [-0.1, -0.05) is 18.2 Å². The maximum absolute atomic E-state index is 4.61. The third-order valence-electron chi connectivity index (χ3n) is 4.34. The van der Waals surface area contributed by atoms with E-state index in [9.17, 15) is 0 Å². The monoisotopic (exact) mass is 402 g/mol. The fraction of sp³-hybridized carbons (Fsp3) is 0. The van der Waals surface area contributed by atoms with Gasteiger partial charge in [0.15, 0.2) is 11.3 Å². The molecule has 0 bridgehead atoms. The van der Waals surface area contributed by atoms with Crippen LogP contribution in [0.4, 0.5) is 0 Å². The Morgan fingerprint density at radius 3 is 2.79 bits per heavy atom. The zero-order valence-electron chi connectivity index (χ0n) is 14.2. The van der Waals surface area contributed by atoms with Gasteiger partial charge in [-0.3, -0.25) is 4.40 Å². The molecule has 0 amide bonds. The number of aromatic nitrogens is 8. The molecule has 6 aromatic rings. The van der Waals surface area contributed by atoms with Gasteiger partial charge < -0.3 is 0 Å². The van der Waals surface area contributed by atoms with Gasteiger partial charge >= 0.3 is 0 Å². The molecule has 1 aromatic carbocycles. The van der Waals surface area contributed by atoms with Crippen molar-refractivity contribution in [1.29, 1.82) is 0 Å². The Bertz CT molecular complexity index is 1450. The summed E-state index contributed by atoms with van der Waals surface area (Å²) in [6.45, 7) is 0. The van der Waals surface area contributed by atoms with Crippen molar-refractivity contribution in [3.05, 3.63) is 60.6 Å². The van der Waals surface area contributed by atoms with Crippen LogP contribution in [0.3, 0.4) is 0 Å². The van der Waals surface area contributed by atoms with Crippen LogP contribution < -0.4 is 0 Å². The minimum atomic E-state index is 0.699. The molecular weight excluding hydrogens is 392 g/mol. The highest BCUT2D eigenvalue weighted by atomic mass is 32.2. The fourth-order valence-electron chi connectivity index (χ4n) is 3.05. The summed E-state index contributed by atoms with van der Waals surface area (Å²) in [4.78, 5) is 13.3. The minimum Gasteiger partial charge on any atom is -0.259 e. The highest BCUT2D eigenvalue weighted by molar-refractivity contribution is 7.99. The molecule has 5 heterocycles. The lowest BCUT2D eigenvalue weighted by Gasteiger charge is -2.03. The van der Waals surface area contributed by atoms with Gasteiger partial charge in [0.2, 0.25) is 5.16 Å². The highest BCUT2D eigenvalue weighted by Crippen LogP contribution is 2.33. The number of fused-ring (bicyclic) bond motifs is 4. The molecule has 0 aliphatic carbocycles. The van der Waals surface area contributed by atoms with E-state index in [1.54, 1.807) is 34.9 Å². The highest BCUT2D eigenvalue weighted by Gasteiger charge is 2.16. The van der Waals surface area contributed by atoms with Gasteiger partial charge in [-0.05, 0) is 35.3 Å². The van der Waals surface area contributed by atoms with Crippen molar-refractivity contribution in [2.75, 3.05) is 0 Å². The second-order valence-electron chi connectivity index (χ2n) is 5.97. The van der Waals surface area contributed by atoms with Gasteiger partial charge in [0.25, 0.3) is 0 Å². The van der Waals surface area contributed by atoms with E-state index < -0.39 is 0 Å². The Kier molecular flexibility index (Phi) is 3.40. The lowest BCUT2D eigenvalue weighted by Crippen LogP contribution is -1.98. The van der Waals surface area contributed by atoms with Crippen molar-refractivity contribution < 1.29 is 0 Å². The Morgan fingerprint density at radius 2 is 1.86 bits per heavy atom. The van der Waals surface area contributed by atoms with Gasteiger partial charge in [-0.2, -0.15) is 5.10 Å². The lowest BCUT2D eigenvalue weighted by molar-refractivity contribution is 0.878. The normalized spacial score (nSPS) is 11.7. The van der Waals surface area contributed by atoms with Gasteiger partial charge in [-0.25, -0.2) is 19.6 Å². The summed E-state index contributed by atoms with van der Waals surface area (Å²) in [6.07, 6.45) is 5.07. The standard InChI is InChI=1S/C18H10N8S2/c1-2-4-11(5-3-1)26-15-12(8-22-26)16-23-24-18(25(16)10-21-15)28-17-14-13(6-7-27-14)19-9-20-17/h1-10H. The molecule has 0 aliphatic rings. The summed E-state index contributed by atoms with van der Waals surface area (Å²) in [5.41, 5.74) is 3.34. The van der Waals surface area contributed by atoms with Crippen LogP contribution in [0.15, 0.2) is 70.8 Å². The van der Waals surface area contributed by atoms with Crippen LogP contribution >= 0.6 is 23.1 Å². The van der Waals surface area contributed by atoms with E-state index in [4.69, 9.17) is 0 Å². The van der Waals surface area contributed by atoms with Crippen LogP contribution in [0.25, 0.3) is 32.6 Å². The molecule has 10 heteroatoms. The summed E-state index contributed by atoms with van der Waals surface area (Å²) in [6, 6.07) is 11.9. The van der Waals surface area contributed by atoms with Crippen LogP contribution in [0.1, 0.15) is 0 Å². The van der Waals surface area contributed by atoms with Crippen molar-refractivity contribution in [2.24, 2.45) is 0 Å². The number of hydrogen-bond donors (Lipinski definition) is 0. The second kappa shape index (κ2) is 6.08. The molecule has 134 valence electrons. The molecule has 5 aromatic heterocycles. The molecule has 0 saturated heterocycles. The summed E-state index contributed by atoms with van der Waals surface area (Å²) < 4.78 is 4.71. The summed E-state index contributed by atoms with van der Waals surface area (Å²) in [7, 11) is 0. The van der Waals surface area contributed by atoms with Crippen LogP contribution in [0, 0.1) is 0 Å². The number of nitrogens with zero attached hydrogens (tertiary/aromatic N) is 8. The van der Waals surface area contributed by atoms with Crippen LogP contribution in [0.5, 0.6) is 0 Å². The zero-order chi connectivity index (χ0) is 18.5. The third-order valence-corrected chi connectivity index (χ3v) is 6.35. The van der Waals surface area contributed by atoms with Crippen molar-refractivity contribution in [2.45, 2.75) is 10.2 Å². The first-order chi connectivity index (χ1) is 13.9. The van der Waals surface area contributed by atoms with Crippen LogP contribution in [-0.2, 0) is 0 Å². The minimum absolute atomic E-state index is 0.699. The van der Waals surface area contributed by atoms with E-state index in [-0.39, 0.29) is 0 Å². The molecule has 0 aliphatic heterocycles. The maximum atomic E-state index is 4.61. The Balaban J connectivity index is 1.48. The van der Waals surface area contributed by atoms with E-state index in [1.807, 2.05) is 46.2 Å². The summed E-state index contributed by atoms with van der Waals surface area (Å²) in [5, 5.41) is 17.6. The van der Waals surface area contributed by atoms with Crippen molar-refractivity contribution in [1.82, 2.24) is 39.3 Å². The number of rotatable bonds is 3. The van der Waals surface area contributed by atoms with Crippen molar-refractivity contribution in [3.63, 3.8) is 0 Å². The average molecular weight is 402 g/mol. The number of para-hydroxylation sites is 1. The number of thiophene rings is 1. The van der Waals surface area contributed by atoms with E-state index in [0.717, 1.165) is 32.0 Å². The number of hydrogen-bond acceptors (Lipinski definition) is 8. The Labute approximate surface area is 165 Å². The molecule has 0 saturated carbocycles. The SMILES string of the molecule is c1ccc(-n2ncc3c2ncn2c(Sc4ncnc5ccsc45)nnc32)cc1. The van der Waals surface area contributed by atoms with Gasteiger partial charge in [0.1, 0.15) is 17.7 Å². The Morgan fingerprint density at radius 1 is 0.929 bits per heavy atom. The zero-order valence-corrected chi connectivity index (χ0v) is 15.8. The van der Waals surface area contributed by atoms with E-state index >= 15 is 0 Å². The first-order valence-corrected chi connectivity index (χ1v) is 10.1. The van der Waals surface area contributed by atoms with Crippen molar-refractivity contribution >= 4 is 50.0 Å². The predicted molar refractivity (Wildman–Crippen MR) is 107 cm³/mol. The van der Waals surface area contributed by atoms with Gasteiger partial charge in [-0.15, -0.1) is 21.5 Å². The van der Waals surface area contributed by atoms with E-state index in [0.29, 0.717) is 10.8 Å². The molecule has 0 unspecified atom stereocenters. The molecule has 0 spiro atoms. The first kappa shape index (κ1) is 15.7. The summed E-state index contributed by atoms with van der Waals surface area (Å²) in [5.74, 6) is 0. The molecule has 8 nitrogen and oxygen atoms in total. The van der Waals surface area contributed by atoms with Gasteiger partial charge in [0.05, 0.1) is 27.5 Å². The summed E-state index contributed by atoms with van der Waals surface area (Å²) >= 11 is 3.06. The molecule has 6 rings (SSSR count). The Hall–Kier alpha value is -3.37. The van der Waals surface area contributed by atoms with E-state index in [1.165, 1.54) is 11.8 Å². The predicted octanol–water partition coefficient (Wildman–Crippen LogP) is 3.62. The molecule has 28 heavy (non-hydrogen) atoms.